The first-order valence-corrected chi connectivity index (χ1v) is 9.61. The molecule has 0 aliphatic heterocycles. The molecule has 0 aliphatic carbocycles. The van der Waals surface area contributed by atoms with Gasteiger partial charge in [-0.1, -0.05) is 24.3 Å². The number of carbonyl (C=O) groups excluding carboxylic acids is 1. The number of hydrogen-bond donors (Lipinski definition) is 1. The van der Waals surface area contributed by atoms with Gasteiger partial charge in [0, 0.05) is 42.5 Å². The summed E-state index contributed by atoms with van der Waals surface area (Å²) in [6.07, 6.45) is 5.44. The third-order valence-corrected chi connectivity index (χ3v) is 5.26. The van der Waals surface area contributed by atoms with Crippen LogP contribution in [0, 0.1) is 10.1 Å². The molecule has 8 heteroatoms. The van der Waals surface area contributed by atoms with Gasteiger partial charge in [-0.2, -0.15) is 0 Å². The van der Waals surface area contributed by atoms with E-state index in [1.807, 2.05) is 42.0 Å². The summed E-state index contributed by atoms with van der Waals surface area (Å²) >= 11 is 1.37. The number of amides is 1. The van der Waals surface area contributed by atoms with Crippen LogP contribution in [0.5, 0.6) is 0 Å². The minimum absolute atomic E-state index is 0.0398. The molecule has 0 spiro atoms. The predicted molar refractivity (Wildman–Crippen MR) is 108 cm³/mol. The molecule has 7 nitrogen and oxygen atoms in total. The summed E-state index contributed by atoms with van der Waals surface area (Å²) in [5, 5.41) is 13.3. The predicted octanol–water partition coefficient (Wildman–Crippen LogP) is 3.64. The first-order valence-electron chi connectivity index (χ1n) is 8.73. The number of non-ortho nitro benzene ring substituents is 1. The number of nitrogens with zero attached hydrogens (tertiary/aromatic N) is 3. The lowest BCUT2D eigenvalue weighted by molar-refractivity contribution is -0.384. The molecule has 28 heavy (non-hydrogen) atoms. The van der Waals surface area contributed by atoms with Gasteiger partial charge in [-0.05, 0) is 30.2 Å². The van der Waals surface area contributed by atoms with Crippen molar-refractivity contribution < 1.29 is 9.72 Å². The second-order valence-electron chi connectivity index (χ2n) is 6.28. The van der Waals surface area contributed by atoms with E-state index in [1.165, 1.54) is 23.9 Å². The summed E-state index contributed by atoms with van der Waals surface area (Å²) in [5.74, 6) is -0.0779. The molecule has 1 heterocycles. The molecular formula is C20H20N4O3S. The summed E-state index contributed by atoms with van der Waals surface area (Å²) in [5.41, 5.74) is 2.23. The average Bonchev–Trinajstić information content (AvgIpc) is 3.20. The van der Waals surface area contributed by atoms with Crippen molar-refractivity contribution in [1.29, 1.82) is 0 Å². The van der Waals surface area contributed by atoms with Crippen molar-refractivity contribution in [3.05, 3.63) is 88.5 Å². The molecule has 3 rings (SSSR count). The van der Waals surface area contributed by atoms with Crippen LogP contribution in [0.2, 0.25) is 0 Å². The molecule has 1 N–H and O–H groups in total. The van der Waals surface area contributed by atoms with Gasteiger partial charge in [-0.25, -0.2) is 4.98 Å². The number of rotatable bonds is 8. The molecule has 0 aliphatic rings. The standard InChI is InChI=1S/C20H20N4O3S/c1-15(28-19-8-6-18(7-9-19)24(26)27)20(25)22-12-16-2-4-17(5-3-16)13-23-11-10-21-14-23/h2-11,14-15H,12-13H2,1H3,(H,22,25). The minimum atomic E-state index is -0.439. The maximum atomic E-state index is 12.3. The SMILES string of the molecule is CC(Sc1ccc([N+](=O)[O-])cc1)C(=O)NCc1ccc(Cn2ccnc2)cc1. The van der Waals surface area contributed by atoms with Crippen LogP contribution in [0.25, 0.3) is 0 Å². The number of hydrogen-bond acceptors (Lipinski definition) is 5. The van der Waals surface area contributed by atoms with Crippen molar-refractivity contribution in [2.75, 3.05) is 0 Å². The minimum Gasteiger partial charge on any atom is -0.351 e. The van der Waals surface area contributed by atoms with Crippen LogP contribution in [-0.4, -0.2) is 25.6 Å². The van der Waals surface area contributed by atoms with Crippen LogP contribution in [0.1, 0.15) is 18.1 Å². The van der Waals surface area contributed by atoms with Crippen molar-refractivity contribution in [3.8, 4) is 0 Å². The van der Waals surface area contributed by atoms with Crippen molar-refractivity contribution in [2.45, 2.75) is 30.2 Å². The molecule has 0 saturated carbocycles. The van der Waals surface area contributed by atoms with Crippen LogP contribution in [-0.2, 0) is 17.9 Å². The van der Waals surface area contributed by atoms with Crippen molar-refractivity contribution in [3.63, 3.8) is 0 Å². The third-order valence-electron chi connectivity index (χ3n) is 4.14. The molecule has 1 unspecified atom stereocenters. The van der Waals surface area contributed by atoms with E-state index < -0.39 is 4.92 Å². The number of thioether (sulfide) groups is 1. The quantitative estimate of drug-likeness (QED) is 0.357. The lowest BCUT2D eigenvalue weighted by Gasteiger charge is -2.12. The van der Waals surface area contributed by atoms with Gasteiger partial charge < -0.3 is 9.88 Å². The molecule has 1 amide bonds. The van der Waals surface area contributed by atoms with Gasteiger partial charge in [0.15, 0.2) is 0 Å². The van der Waals surface area contributed by atoms with Crippen LogP contribution < -0.4 is 5.32 Å². The number of imidazole rings is 1. The molecule has 144 valence electrons. The Morgan fingerprint density at radius 1 is 1.18 bits per heavy atom. The number of nitro benzene ring substituents is 1. The largest absolute Gasteiger partial charge is 0.351 e. The number of nitrogens with one attached hydrogen (secondary N) is 1. The Morgan fingerprint density at radius 2 is 1.86 bits per heavy atom. The fraction of sp³-hybridized carbons (Fsp3) is 0.200. The van der Waals surface area contributed by atoms with E-state index in [-0.39, 0.29) is 16.8 Å². The van der Waals surface area contributed by atoms with E-state index in [1.54, 1.807) is 24.7 Å². The second kappa shape index (κ2) is 9.18. The average molecular weight is 396 g/mol. The van der Waals surface area contributed by atoms with Crippen LogP contribution in [0.3, 0.4) is 0 Å². The van der Waals surface area contributed by atoms with Gasteiger partial charge in [0.25, 0.3) is 5.69 Å². The smallest absolute Gasteiger partial charge is 0.269 e. The van der Waals surface area contributed by atoms with Crippen LogP contribution in [0.4, 0.5) is 5.69 Å². The highest BCUT2D eigenvalue weighted by Gasteiger charge is 2.15. The lowest BCUT2D eigenvalue weighted by atomic mass is 10.1. The van der Waals surface area contributed by atoms with Gasteiger partial charge in [-0.15, -0.1) is 11.8 Å². The zero-order valence-electron chi connectivity index (χ0n) is 15.3. The molecule has 0 fully saturated rings. The summed E-state index contributed by atoms with van der Waals surface area (Å²) in [4.78, 5) is 27.4. The fourth-order valence-corrected chi connectivity index (χ4v) is 3.48. The van der Waals surface area contributed by atoms with Gasteiger partial charge in [-0.3, -0.25) is 14.9 Å². The van der Waals surface area contributed by atoms with Gasteiger partial charge in [0.2, 0.25) is 5.91 Å². The van der Waals surface area contributed by atoms with Crippen molar-refractivity contribution in [2.24, 2.45) is 0 Å². The van der Waals surface area contributed by atoms with Crippen molar-refractivity contribution >= 4 is 23.4 Å². The Balaban J connectivity index is 1.48. The Bertz CT molecular complexity index is 925. The zero-order valence-corrected chi connectivity index (χ0v) is 16.1. The summed E-state index contributed by atoms with van der Waals surface area (Å²) in [6, 6.07) is 14.3. The topological polar surface area (TPSA) is 90.1 Å². The monoisotopic (exact) mass is 396 g/mol. The van der Waals surface area contributed by atoms with E-state index in [0.717, 1.165) is 22.6 Å². The van der Waals surface area contributed by atoms with Gasteiger partial charge in [0.1, 0.15) is 0 Å². The highest BCUT2D eigenvalue weighted by Crippen LogP contribution is 2.25. The number of nitro groups is 1. The summed E-state index contributed by atoms with van der Waals surface area (Å²) < 4.78 is 1.99. The molecule has 1 atom stereocenters. The van der Waals surface area contributed by atoms with Crippen LogP contribution >= 0.6 is 11.8 Å². The Hall–Kier alpha value is -3.13. The number of aromatic nitrogens is 2. The van der Waals surface area contributed by atoms with Crippen LogP contribution in [0.15, 0.2) is 72.1 Å². The maximum absolute atomic E-state index is 12.3. The first-order chi connectivity index (χ1) is 13.5. The molecule has 3 aromatic rings. The highest BCUT2D eigenvalue weighted by molar-refractivity contribution is 8.00. The molecule has 2 aromatic carbocycles. The van der Waals surface area contributed by atoms with E-state index in [0.29, 0.717) is 6.54 Å². The number of carbonyl (C=O) groups is 1. The first kappa shape index (κ1) is 19.6. The van der Waals surface area contributed by atoms with E-state index in [2.05, 4.69) is 10.3 Å². The maximum Gasteiger partial charge on any atom is 0.269 e. The van der Waals surface area contributed by atoms with E-state index in [9.17, 15) is 14.9 Å². The zero-order chi connectivity index (χ0) is 19.9. The van der Waals surface area contributed by atoms with Crippen molar-refractivity contribution in [1.82, 2.24) is 14.9 Å². The normalized spacial score (nSPS) is 11.8. The Kier molecular flexibility index (Phi) is 6.44. The lowest BCUT2D eigenvalue weighted by Crippen LogP contribution is -2.30. The molecule has 0 saturated heterocycles. The van der Waals surface area contributed by atoms with Gasteiger partial charge in [0.05, 0.1) is 16.5 Å². The molecule has 1 aromatic heterocycles. The molecule has 0 bridgehead atoms. The fourth-order valence-electron chi connectivity index (χ4n) is 2.59. The second-order valence-corrected chi connectivity index (χ2v) is 7.69. The summed E-state index contributed by atoms with van der Waals surface area (Å²) in [6.45, 7) is 3.03. The molecule has 0 radical (unpaired) electrons. The van der Waals surface area contributed by atoms with E-state index >= 15 is 0 Å². The van der Waals surface area contributed by atoms with Gasteiger partial charge >= 0.3 is 0 Å². The third kappa shape index (κ3) is 5.43. The number of benzene rings is 2. The van der Waals surface area contributed by atoms with E-state index in [4.69, 9.17) is 0 Å². The Labute approximate surface area is 166 Å². The highest BCUT2D eigenvalue weighted by atomic mass is 32.2. The molecular weight excluding hydrogens is 376 g/mol. The summed E-state index contributed by atoms with van der Waals surface area (Å²) in [7, 11) is 0. The Morgan fingerprint density at radius 3 is 2.46 bits per heavy atom.